The van der Waals surface area contributed by atoms with Crippen molar-refractivity contribution in [2.45, 2.75) is 33.3 Å². The predicted molar refractivity (Wildman–Crippen MR) is 60.8 cm³/mol. The van der Waals surface area contributed by atoms with Gasteiger partial charge in [-0.3, -0.25) is 0 Å². The summed E-state index contributed by atoms with van der Waals surface area (Å²) >= 11 is 5.62. The zero-order chi connectivity index (χ0) is 11.1. The van der Waals surface area contributed by atoms with Crippen molar-refractivity contribution in [3.8, 4) is 0 Å². The standard InChI is InChI=1S/C11H17ClN2O/c1-9(2)4-3-7-15-8-10-5-6-11(12)14-13-10/h5-6,9H,3-4,7-8H2,1-2H3. The van der Waals surface area contributed by atoms with Gasteiger partial charge in [0.2, 0.25) is 0 Å². The molecule has 0 saturated heterocycles. The first-order chi connectivity index (χ1) is 7.18. The Bertz CT molecular complexity index is 274. The smallest absolute Gasteiger partial charge is 0.151 e. The average molecular weight is 229 g/mol. The second kappa shape index (κ2) is 6.75. The Balaban J connectivity index is 2.12. The topological polar surface area (TPSA) is 35.0 Å². The monoisotopic (exact) mass is 228 g/mol. The van der Waals surface area contributed by atoms with Crippen LogP contribution in [0.15, 0.2) is 12.1 Å². The molecule has 0 bridgehead atoms. The van der Waals surface area contributed by atoms with E-state index in [0.29, 0.717) is 11.8 Å². The van der Waals surface area contributed by atoms with Gasteiger partial charge in [0.25, 0.3) is 0 Å². The van der Waals surface area contributed by atoms with Gasteiger partial charge in [-0.15, -0.1) is 5.10 Å². The van der Waals surface area contributed by atoms with Gasteiger partial charge in [-0.1, -0.05) is 25.4 Å². The molecule has 0 amide bonds. The third-order valence-electron chi connectivity index (χ3n) is 2.01. The van der Waals surface area contributed by atoms with Crippen molar-refractivity contribution in [2.75, 3.05) is 6.61 Å². The molecule has 0 aromatic carbocycles. The van der Waals surface area contributed by atoms with E-state index in [0.717, 1.165) is 24.6 Å². The zero-order valence-corrected chi connectivity index (χ0v) is 10.00. The van der Waals surface area contributed by atoms with Gasteiger partial charge in [-0.2, -0.15) is 5.10 Å². The molecule has 0 fully saturated rings. The molecule has 15 heavy (non-hydrogen) atoms. The number of halogens is 1. The quantitative estimate of drug-likeness (QED) is 0.702. The van der Waals surface area contributed by atoms with Gasteiger partial charge < -0.3 is 4.74 Å². The van der Waals surface area contributed by atoms with Crippen LogP contribution in [-0.4, -0.2) is 16.8 Å². The number of aromatic nitrogens is 2. The molecule has 84 valence electrons. The van der Waals surface area contributed by atoms with Crippen molar-refractivity contribution >= 4 is 11.6 Å². The van der Waals surface area contributed by atoms with E-state index in [9.17, 15) is 0 Å². The van der Waals surface area contributed by atoms with Crippen LogP contribution in [0.2, 0.25) is 5.15 Å². The molecule has 1 aromatic rings. The molecule has 0 radical (unpaired) electrons. The lowest BCUT2D eigenvalue weighted by Crippen LogP contribution is -2.00. The molecule has 0 aliphatic heterocycles. The second-order valence-corrected chi connectivity index (χ2v) is 4.32. The SMILES string of the molecule is CC(C)CCCOCc1ccc(Cl)nn1. The molecule has 1 aromatic heterocycles. The Hall–Kier alpha value is -0.670. The number of hydrogen-bond donors (Lipinski definition) is 0. The number of rotatable bonds is 6. The summed E-state index contributed by atoms with van der Waals surface area (Å²) in [4.78, 5) is 0. The minimum atomic E-state index is 0.415. The van der Waals surface area contributed by atoms with Gasteiger partial charge in [0, 0.05) is 6.61 Å². The average Bonchev–Trinajstić information content (AvgIpc) is 2.20. The van der Waals surface area contributed by atoms with Gasteiger partial charge in [0.1, 0.15) is 0 Å². The van der Waals surface area contributed by atoms with Gasteiger partial charge in [-0.05, 0) is 30.9 Å². The highest BCUT2D eigenvalue weighted by atomic mass is 35.5. The summed E-state index contributed by atoms with van der Waals surface area (Å²) in [7, 11) is 0. The number of ether oxygens (including phenoxy) is 1. The Labute approximate surface area is 95.8 Å². The Morgan fingerprint density at radius 3 is 2.73 bits per heavy atom. The van der Waals surface area contributed by atoms with Gasteiger partial charge >= 0.3 is 0 Å². The molecular formula is C11H17ClN2O. The van der Waals surface area contributed by atoms with Crippen LogP contribution in [0.5, 0.6) is 0 Å². The van der Waals surface area contributed by atoms with E-state index in [-0.39, 0.29) is 0 Å². The number of nitrogens with zero attached hydrogens (tertiary/aromatic N) is 2. The summed E-state index contributed by atoms with van der Waals surface area (Å²) in [5.74, 6) is 0.740. The van der Waals surface area contributed by atoms with Crippen LogP contribution >= 0.6 is 11.6 Å². The third-order valence-corrected chi connectivity index (χ3v) is 2.21. The first-order valence-electron chi connectivity index (χ1n) is 5.24. The van der Waals surface area contributed by atoms with Crippen molar-refractivity contribution in [2.24, 2.45) is 5.92 Å². The summed E-state index contributed by atoms with van der Waals surface area (Å²) in [6.45, 7) is 5.72. The van der Waals surface area contributed by atoms with Crippen molar-refractivity contribution in [1.29, 1.82) is 0 Å². The summed E-state index contributed by atoms with van der Waals surface area (Å²) < 4.78 is 5.46. The maximum Gasteiger partial charge on any atom is 0.151 e. The molecule has 0 saturated carbocycles. The summed E-state index contributed by atoms with van der Waals surface area (Å²) in [6, 6.07) is 3.55. The molecule has 1 rings (SSSR count). The highest BCUT2D eigenvalue weighted by Gasteiger charge is 1.97. The second-order valence-electron chi connectivity index (χ2n) is 3.94. The highest BCUT2D eigenvalue weighted by Crippen LogP contribution is 2.05. The van der Waals surface area contributed by atoms with Crippen molar-refractivity contribution in [3.05, 3.63) is 23.0 Å². The fraction of sp³-hybridized carbons (Fsp3) is 0.636. The first kappa shape index (κ1) is 12.4. The number of hydrogen-bond acceptors (Lipinski definition) is 3. The highest BCUT2D eigenvalue weighted by molar-refractivity contribution is 6.29. The molecule has 0 aliphatic rings. The fourth-order valence-corrected chi connectivity index (χ4v) is 1.29. The van der Waals surface area contributed by atoms with E-state index < -0.39 is 0 Å². The summed E-state index contributed by atoms with van der Waals surface area (Å²) in [5, 5.41) is 8.06. The van der Waals surface area contributed by atoms with Gasteiger partial charge in [-0.25, -0.2) is 0 Å². The van der Waals surface area contributed by atoms with Crippen molar-refractivity contribution in [3.63, 3.8) is 0 Å². The molecule has 0 aliphatic carbocycles. The molecule has 4 heteroatoms. The van der Waals surface area contributed by atoms with Crippen LogP contribution in [0.25, 0.3) is 0 Å². The van der Waals surface area contributed by atoms with Gasteiger partial charge in [0.05, 0.1) is 12.3 Å². The first-order valence-corrected chi connectivity index (χ1v) is 5.62. The maximum atomic E-state index is 5.62. The van der Waals surface area contributed by atoms with E-state index in [2.05, 4.69) is 24.0 Å². The fourth-order valence-electron chi connectivity index (χ4n) is 1.19. The Morgan fingerprint density at radius 1 is 1.33 bits per heavy atom. The van der Waals surface area contributed by atoms with Crippen LogP contribution in [0.1, 0.15) is 32.4 Å². The van der Waals surface area contributed by atoms with E-state index in [1.807, 2.05) is 6.07 Å². The van der Waals surface area contributed by atoms with Crippen LogP contribution in [0.4, 0.5) is 0 Å². The van der Waals surface area contributed by atoms with Gasteiger partial charge in [0.15, 0.2) is 5.15 Å². The zero-order valence-electron chi connectivity index (χ0n) is 9.24. The molecule has 3 nitrogen and oxygen atoms in total. The molecular weight excluding hydrogens is 212 g/mol. The van der Waals surface area contributed by atoms with E-state index in [4.69, 9.17) is 16.3 Å². The predicted octanol–water partition coefficient (Wildman–Crippen LogP) is 3.08. The van der Waals surface area contributed by atoms with Crippen molar-refractivity contribution < 1.29 is 4.74 Å². The normalized spacial score (nSPS) is 10.9. The van der Waals surface area contributed by atoms with Crippen LogP contribution < -0.4 is 0 Å². The van der Waals surface area contributed by atoms with Crippen LogP contribution in [-0.2, 0) is 11.3 Å². The Kier molecular flexibility index (Phi) is 5.58. The van der Waals surface area contributed by atoms with E-state index >= 15 is 0 Å². The lowest BCUT2D eigenvalue weighted by molar-refractivity contribution is 0.112. The molecule has 0 unspecified atom stereocenters. The summed E-state index contributed by atoms with van der Waals surface area (Å²) in [6.07, 6.45) is 2.30. The minimum Gasteiger partial charge on any atom is -0.375 e. The largest absolute Gasteiger partial charge is 0.375 e. The molecule has 1 heterocycles. The van der Waals surface area contributed by atoms with Crippen LogP contribution in [0, 0.1) is 5.92 Å². The Morgan fingerprint density at radius 2 is 2.13 bits per heavy atom. The lowest BCUT2D eigenvalue weighted by Gasteiger charge is -2.05. The van der Waals surface area contributed by atoms with Crippen LogP contribution in [0.3, 0.4) is 0 Å². The molecule has 0 N–H and O–H groups in total. The maximum absolute atomic E-state index is 5.62. The minimum absolute atomic E-state index is 0.415. The summed E-state index contributed by atoms with van der Waals surface area (Å²) in [5.41, 5.74) is 0.823. The third kappa shape index (κ3) is 5.70. The van der Waals surface area contributed by atoms with E-state index in [1.165, 1.54) is 6.42 Å². The lowest BCUT2D eigenvalue weighted by atomic mass is 10.1. The van der Waals surface area contributed by atoms with Crippen molar-refractivity contribution in [1.82, 2.24) is 10.2 Å². The molecule has 0 spiro atoms. The van der Waals surface area contributed by atoms with E-state index in [1.54, 1.807) is 6.07 Å². The molecule has 0 atom stereocenters.